The molecule has 0 N–H and O–H groups in total. The van der Waals surface area contributed by atoms with Crippen molar-refractivity contribution in [1.82, 2.24) is 4.90 Å². The van der Waals surface area contributed by atoms with Crippen LogP contribution in [-0.4, -0.2) is 16.8 Å². The van der Waals surface area contributed by atoms with Gasteiger partial charge in [-0.25, -0.2) is 4.99 Å². The SMILES string of the molecule is C=C1c2ccccc2N=CN1C(C)(C)C. The van der Waals surface area contributed by atoms with Gasteiger partial charge < -0.3 is 4.90 Å². The van der Waals surface area contributed by atoms with E-state index in [-0.39, 0.29) is 5.54 Å². The monoisotopic (exact) mass is 200 g/mol. The van der Waals surface area contributed by atoms with Crippen LogP contribution >= 0.6 is 0 Å². The molecule has 1 aromatic rings. The van der Waals surface area contributed by atoms with Gasteiger partial charge in [0.25, 0.3) is 0 Å². The molecule has 0 amide bonds. The summed E-state index contributed by atoms with van der Waals surface area (Å²) in [5.74, 6) is 0. The lowest BCUT2D eigenvalue weighted by Gasteiger charge is -2.37. The first-order chi connectivity index (χ1) is 7.00. The maximum Gasteiger partial charge on any atom is 0.0962 e. The van der Waals surface area contributed by atoms with Crippen molar-refractivity contribution >= 4 is 17.7 Å². The molecule has 0 aromatic heterocycles. The largest absolute Gasteiger partial charge is 0.327 e. The fourth-order valence-corrected chi connectivity index (χ4v) is 1.73. The van der Waals surface area contributed by atoms with Gasteiger partial charge in [-0.1, -0.05) is 24.8 Å². The molecular weight excluding hydrogens is 184 g/mol. The molecule has 15 heavy (non-hydrogen) atoms. The standard InChI is InChI=1S/C13H16N2/c1-10-11-7-5-6-8-12(11)14-9-15(10)13(2,3)4/h5-9H,1H2,2-4H3. The molecule has 78 valence electrons. The van der Waals surface area contributed by atoms with Crippen molar-refractivity contribution < 1.29 is 0 Å². The van der Waals surface area contributed by atoms with Gasteiger partial charge in [-0.2, -0.15) is 0 Å². The van der Waals surface area contributed by atoms with Crippen LogP contribution in [0.5, 0.6) is 0 Å². The lowest BCUT2D eigenvalue weighted by Crippen LogP contribution is -2.39. The summed E-state index contributed by atoms with van der Waals surface area (Å²) in [5.41, 5.74) is 3.17. The minimum absolute atomic E-state index is 0.0219. The number of benzene rings is 1. The Morgan fingerprint density at radius 2 is 1.87 bits per heavy atom. The van der Waals surface area contributed by atoms with E-state index in [1.54, 1.807) is 0 Å². The highest BCUT2D eigenvalue weighted by atomic mass is 15.2. The second-order valence-electron chi connectivity index (χ2n) is 4.75. The van der Waals surface area contributed by atoms with Gasteiger partial charge in [0, 0.05) is 16.8 Å². The Bertz CT molecular complexity index is 424. The molecule has 1 aliphatic heterocycles. The van der Waals surface area contributed by atoms with Gasteiger partial charge in [-0.3, -0.25) is 0 Å². The Kier molecular flexibility index (Phi) is 2.14. The third-order valence-corrected chi connectivity index (χ3v) is 2.54. The maximum absolute atomic E-state index is 4.43. The van der Waals surface area contributed by atoms with E-state index in [4.69, 9.17) is 0 Å². The average Bonchev–Trinajstić information content (AvgIpc) is 2.16. The highest BCUT2D eigenvalue weighted by Gasteiger charge is 2.25. The van der Waals surface area contributed by atoms with Crippen molar-refractivity contribution in [3.63, 3.8) is 0 Å². The summed E-state index contributed by atoms with van der Waals surface area (Å²) in [6.45, 7) is 10.6. The van der Waals surface area contributed by atoms with Gasteiger partial charge in [0.05, 0.1) is 12.0 Å². The van der Waals surface area contributed by atoms with E-state index < -0.39 is 0 Å². The lowest BCUT2D eigenvalue weighted by molar-refractivity contribution is 0.334. The molecule has 0 bridgehead atoms. The minimum atomic E-state index is 0.0219. The zero-order valence-corrected chi connectivity index (χ0v) is 9.49. The predicted molar refractivity (Wildman–Crippen MR) is 65.2 cm³/mol. The van der Waals surface area contributed by atoms with Crippen LogP contribution in [0.15, 0.2) is 35.8 Å². The third kappa shape index (κ3) is 1.67. The Morgan fingerprint density at radius 3 is 2.53 bits per heavy atom. The molecule has 2 nitrogen and oxygen atoms in total. The molecule has 0 radical (unpaired) electrons. The number of hydrogen-bond donors (Lipinski definition) is 0. The number of nitrogens with zero attached hydrogens (tertiary/aromatic N) is 2. The second-order valence-corrected chi connectivity index (χ2v) is 4.75. The zero-order chi connectivity index (χ0) is 11.1. The molecule has 1 heterocycles. The van der Waals surface area contributed by atoms with E-state index in [9.17, 15) is 0 Å². The summed E-state index contributed by atoms with van der Waals surface area (Å²) in [6.07, 6.45) is 1.87. The van der Waals surface area contributed by atoms with Gasteiger partial charge in [0.1, 0.15) is 0 Å². The Labute approximate surface area is 90.9 Å². The summed E-state index contributed by atoms with van der Waals surface area (Å²) in [6, 6.07) is 8.09. The summed E-state index contributed by atoms with van der Waals surface area (Å²) in [5, 5.41) is 0. The highest BCUT2D eigenvalue weighted by Crippen LogP contribution is 2.34. The smallest absolute Gasteiger partial charge is 0.0962 e. The van der Waals surface area contributed by atoms with Crippen molar-refractivity contribution in [3.05, 3.63) is 36.4 Å². The molecule has 1 aromatic carbocycles. The molecule has 0 saturated heterocycles. The predicted octanol–water partition coefficient (Wildman–Crippen LogP) is 3.43. The summed E-state index contributed by atoms with van der Waals surface area (Å²) < 4.78 is 0. The molecule has 2 rings (SSSR count). The van der Waals surface area contributed by atoms with Crippen LogP contribution in [0, 0.1) is 0 Å². The van der Waals surface area contributed by atoms with Crippen LogP contribution in [0.25, 0.3) is 5.70 Å². The van der Waals surface area contributed by atoms with Crippen molar-refractivity contribution in [2.75, 3.05) is 0 Å². The molecular formula is C13H16N2. The first-order valence-electron chi connectivity index (χ1n) is 5.12. The normalized spacial score (nSPS) is 15.4. The molecule has 0 atom stereocenters. The van der Waals surface area contributed by atoms with Crippen molar-refractivity contribution in [3.8, 4) is 0 Å². The number of aliphatic imine (C=N–C) groups is 1. The third-order valence-electron chi connectivity index (χ3n) is 2.54. The number of fused-ring (bicyclic) bond motifs is 1. The van der Waals surface area contributed by atoms with Gasteiger partial charge in [0.15, 0.2) is 0 Å². The minimum Gasteiger partial charge on any atom is -0.327 e. The van der Waals surface area contributed by atoms with Crippen LogP contribution < -0.4 is 0 Å². The van der Waals surface area contributed by atoms with E-state index in [0.29, 0.717) is 0 Å². The fraction of sp³-hybridized carbons (Fsp3) is 0.308. The maximum atomic E-state index is 4.43. The van der Waals surface area contributed by atoms with Crippen LogP contribution in [0.2, 0.25) is 0 Å². The van der Waals surface area contributed by atoms with Crippen molar-refractivity contribution in [1.29, 1.82) is 0 Å². The topological polar surface area (TPSA) is 15.6 Å². The Balaban J connectivity index is 2.46. The van der Waals surface area contributed by atoms with E-state index >= 15 is 0 Å². The second kappa shape index (κ2) is 3.23. The fourth-order valence-electron chi connectivity index (χ4n) is 1.73. The first-order valence-corrected chi connectivity index (χ1v) is 5.12. The summed E-state index contributed by atoms with van der Waals surface area (Å²) >= 11 is 0. The highest BCUT2D eigenvalue weighted by molar-refractivity contribution is 5.86. The van der Waals surface area contributed by atoms with E-state index in [2.05, 4.69) is 43.3 Å². The lowest BCUT2D eigenvalue weighted by atomic mass is 10.0. The van der Waals surface area contributed by atoms with Gasteiger partial charge in [-0.15, -0.1) is 0 Å². The number of hydrogen-bond acceptors (Lipinski definition) is 2. The van der Waals surface area contributed by atoms with Gasteiger partial charge in [-0.05, 0) is 26.8 Å². The summed E-state index contributed by atoms with van der Waals surface area (Å²) in [4.78, 5) is 6.54. The Hall–Kier alpha value is -1.57. The van der Waals surface area contributed by atoms with Crippen LogP contribution in [0.1, 0.15) is 26.3 Å². The average molecular weight is 200 g/mol. The molecule has 2 heteroatoms. The molecule has 0 spiro atoms. The zero-order valence-electron chi connectivity index (χ0n) is 9.49. The molecule has 0 aliphatic carbocycles. The van der Waals surface area contributed by atoms with E-state index in [1.807, 2.05) is 24.5 Å². The molecule has 0 unspecified atom stereocenters. The number of rotatable bonds is 0. The summed E-state index contributed by atoms with van der Waals surface area (Å²) in [7, 11) is 0. The first kappa shape index (κ1) is 9.97. The quantitative estimate of drug-likeness (QED) is 0.626. The van der Waals surface area contributed by atoms with Crippen LogP contribution in [0.3, 0.4) is 0 Å². The Morgan fingerprint density at radius 1 is 1.20 bits per heavy atom. The van der Waals surface area contributed by atoms with Crippen LogP contribution in [0.4, 0.5) is 5.69 Å². The van der Waals surface area contributed by atoms with Gasteiger partial charge in [0.2, 0.25) is 0 Å². The van der Waals surface area contributed by atoms with Gasteiger partial charge >= 0.3 is 0 Å². The molecule has 1 aliphatic rings. The van der Waals surface area contributed by atoms with E-state index in [1.165, 1.54) is 0 Å². The molecule has 0 saturated carbocycles. The number of para-hydroxylation sites is 1. The van der Waals surface area contributed by atoms with Crippen molar-refractivity contribution in [2.24, 2.45) is 4.99 Å². The van der Waals surface area contributed by atoms with E-state index in [0.717, 1.165) is 16.9 Å². The van der Waals surface area contributed by atoms with Crippen molar-refractivity contribution in [2.45, 2.75) is 26.3 Å². The van der Waals surface area contributed by atoms with Crippen LogP contribution in [-0.2, 0) is 0 Å². The molecule has 0 fully saturated rings.